The van der Waals surface area contributed by atoms with Gasteiger partial charge in [0, 0.05) is 39.3 Å². The molecule has 1 amide bonds. The van der Waals surface area contributed by atoms with Crippen molar-refractivity contribution in [3.63, 3.8) is 0 Å². The third-order valence-electron chi connectivity index (χ3n) is 4.03. The number of carbonyl (C=O) groups is 1. The highest BCUT2D eigenvalue weighted by Gasteiger charge is 2.46. The molecule has 0 spiro atoms. The number of amides is 1. The van der Waals surface area contributed by atoms with Gasteiger partial charge in [-0.25, -0.2) is 0 Å². The molecule has 0 saturated carbocycles. The molecule has 5 nitrogen and oxygen atoms in total. The molecule has 2 unspecified atom stereocenters. The van der Waals surface area contributed by atoms with Crippen molar-refractivity contribution in [3.8, 4) is 6.07 Å². The highest BCUT2D eigenvalue weighted by molar-refractivity contribution is 5.73. The summed E-state index contributed by atoms with van der Waals surface area (Å²) in [5.74, 6) is -0.244. The predicted octanol–water partition coefficient (Wildman–Crippen LogP) is 1.93. The van der Waals surface area contributed by atoms with Gasteiger partial charge in [0.25, 0.3) is 0 Å². The lowest BCUT2D eigenvalue weighted by molar-refractivity contribution is -0.194. The van der Waals surface area contributed by atoms with Crippen molar-refractivity contribution in [2.45, 2.75) is 44.6 Å². The molecule has 2 atom stereocenters. The van der Waals surface area contributed by atoms with E-state index in [2.05, 4.69) is 5.32 Å². The van der Waals surface area contributed by atoms with E-state index in [4.69, 9.17) is 5.26 Å². The molecule has 1 saturated heterocycles. The lowest BCUT2D eigenvalue weighted by atomic mass is 9.97. The SMILES string of the molecule is CC(=O)NC1CCC(C(F)(F)F)N(Cc2cc(C#N)n(C)c2)C1. The van der Waals surface area contributed by atoms with Crippen molar-refractivity contribution in [1.29, 1.82) is 5.26 Å². The van der Waals surface area contributed by atoms with Crippen molar-refractivity contribution in [3.05, 3.63) is 23.5 Å². The Kier molecular flexibility index (Phi) is 5.00. The number of rotatable bonds is 3. The van der Waals surface area contributed by atoms with Crippen molar-refractivity contribution >= 4 is 5.91 Å². The zero-order chi connectivity index (χ0) is 17.2. The van der Waals surface area contributed by atoms with Crippen LogP contribution in [0.3, 0.4) is 0 Å². The summed E-state index contributed by atoms with van der Waals surface area (Å²) in [5.41, 5.74) is 1.06. The van der Waals surface area contributed by atoms with Gasteiger partial charge in [-0.2, -0.15) is 18.4 Å². The number of nitriles is 1. The van der Waals surface area contributed by atoms with Gasteiger partial charge in [0.15, 0.2) is 0 Å². The number of aryl methyl sites for hydroxylation is 1. The summed E-state index contributed by atoms with van der Waals surface area (Å²) < 4.78 is 41.3. The van der Waals surface area contributed by atoms with Crippen molar-refractivity contribution in [1.82, 2.24) is 14.8 Å². The second-order valence-corrected chi connectivity index (χ2v) is 5.92. The van der Waals surface area contributed by atoms with Crippen LogP contribution in [0.4, 0.5) is 13.2 Å². The Morgan fingerprint density at radius 1 is 1.48 bits per heavy atom. The number of aromatic nitrogens is 1. The highest BCUT2D eigenvalue weighted by atomic mass is 19.4. The minimum absolute atomic E-state index is 0.0492. The molecular formula is C15H19F3N4O. The molecular weight excluding hydrogens is 309 g/mol. The number of piperidine rings is 1. The monoisotopic (exact) mass is 328 g/mol. The third kappa shape index (κ3) is 4.26. The Labute approximate surface area is 132 Å². The number of nitrogens with zero attached hydrogens (tertiary/aromatic N) is 3. The van der Waals surface area contributed by atoms with E-state index < -0.39 is 12.2 Å². The molecule has 1 aliphatic heterocycles. The molecule has 23 heavy (non-hydrogen) atoms. The van der Waals surface area contributed by atoms with Gasteiger partial charge in [0.1, 0.15) is 17.8 Å². The molecule has 0 aliphatic carbocycles. The van der Waals surface area contributed by atoms with Crippen molar-refractivity contribution < 1.29 is 18.0 Å². The molecule has 8 heteroatoms. The van der Waals surface area contributed by atoms with Crippen LogP contribution in [0.15, 0.2) is 12.3 Å². The molecule has 2 heterocycles. The zero-order valence-electron chi connectivity index (χ0n) is 13.0. The van der Waals surface area contributed by atoms with E-state index in [1.165, 1.54) is 11.8 Å². The molecule has 0 bridgehead atoms. The van der Waals surface area contributed by atoms with Gasteiger partial charge in [-0.05, 0) is 24.5 Å². The number of likely N-dealkylation sites (tertiary alicyclic amines) is 1. The molecule has 1 aliphatic rings. The fraction of sp³-hybridized carbons (Fsp3) is 0.600. The molecule has 1 aromatic heterocycles. The summed E-state index contributed by atoms with van der Waals surface area (Å²) in [6, 6.07) is 1.77. The first-order valence-corrected chi connectivity index (χ1v) is 7.34. The van der Waals surface area contributed by atoms with Crippen LogP contribution < -0.4 is 5.32 Å². The van der Waals surface area contributed by atoms with Crippen LogP contribution in [0, 0.1) is 11.3 Å². The van der Waals surface area contributed by atoms with Crippen LogP contribution in [0.1, 0.15) is 31.0 Å². The minimum atomic E-state index is -4.31. The fourth-order valence-electron chi connectivity index (χ4n) is 3.06. The van der Waals surface area contributed by atoms with Crippen molar-refractivity contribution in [2.24, 2.45) is 7.05 Å². The van der Waals surface area contributed by atoms with E-state index in [0.717, 1.165) is 0 Å². The van der Waals surface area contributed by atoms with Crippen LogP contribution in [0.5, 0.6) is 0 Å². The maximum absolute atomic E-state index is 13.2. The fourth-order valence-corrected chi connectivity index (χ4v) is 3.06. The smallest absolute Gasteiger partial charge is 0.352 e. The molecule has 1 N–H and O–H groups in total. The molecule has 0 radical (unpaired) electrons. The summed E-state index contributed by atoms with van der Waals surface area (Å²) >= 11 is 0. The Hall–Kier alpha value is -2.01. The minimum Gasteiger partial charge on any atom is -0.352 e. The maximum atomic E-state index is 13.2. The van der Waals surface area contributed by atoms with Gasteiger partial charge in [0.2, 0.25) is 5.91 Å². The average Bonchev–Trinajstić information content (AvgIpc) is 2.76. The standard InChI is InChI=1S/C15H19F3N4O/c1-10(23)20-12-3-4-14(15(16,17)18)22(9-12)8-11-5-13(6-19)21(2)7-11/h5,7,12,14H,3-4,8-9H2,1-2H3,(H,20,23). The van der Waals surface area contributed by atoms with Gasteiger partial charge in [-0.15, -0.1) is 0 Å². The number of nitrogens with one attached hydrogen (secondary N) is 1. The number of alkyl halides is 3. The quantitative estimate of drug-likeness (QED) is 0.922. The van der Waals surface area contributed by atoms with Crippen molar-refractivity contribution in [2.75, 3.05) is 6.54 Å². The summed E-state index contributed by atoms with van der Waals surface area (Å²) in [4.78, 5) is 12.5. The van der Waals surface area contributed by atoms with E-state index in [1.807, 2.05) is 6.07 Å². The van der Waals surface area contributed by atoms with E-state index >= 15 is 0 Å². The second kappa shape index (κ2) is 6.62. The van der Waals surface area contributed by atoms with Gasteiger partial charge in [-0.3, -0.25) is 9.69 Å². The Morgan fingerprint density at radius 2 is 2.17 bits per heavy atom. The largest absolute Gasteiger partial charge is 0.404 e. The summed E-state index contributed by atoms with van der Waals surface area (Å²) in [6.07, 6.45) is -2.40. The van der Waals surface area contributed by atoms with Gasteiger partial charge < -0.3 is 9.88 Å². The summed E-state index contributed by atoms with van der Waals surface area (Å²) in [5, 5.41) is 11.6. The molecule has 126 valence electrons. The first-order chi connectivity index (χ1) is 10.7. The molecule has 2 rings (SSSR count). The van der Waals surface area contributed by atoms with Crippen LogP contribution in [-0.2, 0) is 18.4 Å². The first kappa shape index (κ1) is 17.3. The third-order valence-corrected chi connectivity index (χ3v) is 4.03. The molecule has 0 aromatic carbocycles. The van der Waals surface area contributed by atoms with Gasteiger partial charge in [0.05, 0.1) is 0 Å². The van der Waals surface area contributed by atoms with Gasteiger partial charge in [-0.1, -0.05) is 0 Å². The van der Waals surface area contributed by atoms with E-state index in [9.17, 15) is 18.0 Å². The lowest BCUT2D eigenvalue weighted by Crippen LogP contribution is -2.55. The molecule has 1 fully saturated rings. The normalized spacial score (nSPS) is 22.6. The van der Waals surface area contributed by atoms with E-state index in [0.29, 0.717) is 17.7 Å². The average molecular weight is 328 g/mol. The van der Waals surface area contributed by atoms with Gasteiger partial charge >= 0.3 is 6.18 Å². The number of halogens is 3. The van der Waals surface area contributed by atoms with Crippen LogP contribution in [0.2, 0.25) is 0 Å². The topological polar surface area (TPSA) is 61.1 Å². The number of carbonyl (C=O) groups excluding carboxylic acids is 1. The molecule has 1 aromatic rings. The van der Waals surface area contributed by atoms with Crippen LogP contribution in [0.25, 0.3) is 0 Å². The number of hydrogen-bond donors (Lipinski definition) is 1. The van der Waals surface area contributed by atoms with Crippen LogP contribution in [-0.4, -0.2) is 40.2 Å². The number of hydrogen-bond acceptors (Lipinski definition) is 3. The highest BCUT2D eigenvalue weighted by Crippen LogP contribution is 2.33. The second-order valence-electron chi connectivity index (χ2n) is 5.92. The summed E-state index contributed by atoms with van der Waals surface area (Å²) in [7, 11) is 1.68. The Morgan fingerprint density at radius 3 is 2.70 bits per heavy atom. The summed E-state index contributed by atoms with van der Waals surface area (Å²) in [6.45, 7) is 1.59. The first-order valence-electron chi connectivity index (χ1n) is 7.34. The Bertz CT molecular complexity index is 617. The van der Waals surface area contributed by atoms with E-state index in [1.54, 1.807) is 23.9 Å². The maximum Gasteiger partial charge on any atom is 0.404 e. The van der Waals surface area contributed by atoms with E-state index in [-0.39, 0.29) is 31.5 Å². The van der Waals surface area contributed by atoms with Crippen LogP contribution >= 0.6 is 0 Å². The Balaban J connectivity index is 2.17. The zero-order valence-corrected chi connectivity index (χ0v) is 13.0. The lowest BCUT2D eigenvalue weighted by Gasteiger charge is -2.40. The predicted molar refractivity (Wildman–Crippen MR) is 77.2 cm³/mol.